The highest BCUT2D eigenvalue weighted by Crippen LogP contribution is 2.34. The molecular formula is C22H23N4O7-. The van der Waals surface area contributed by atoms with Crippen LogP contribution in [0.5, 0.6) is 11.5 Å². The number of phenolic OH excluding ortho intramolecular Hbond substituents is 2. The van der Waals surface area contributed by atoms with Crippen LogP contribution in [0, 0.1) is 5.21 Å². The van der Waals surface area contributed by atoms with E-state index in [4.69, 9.17) is 0 Å². The van der Waals surface area contributed by atoms with E-state index in [9.17, 15) is 35.3 Å². The van der Waals surface area contributed by atoms with Gasteiger partial charge in [0.2, 0.25) is 11.6 Å². The number of nitrogens with zero attached hydrogens (tertiary/aromatic N) is 3. The number of aliphatic hydroxyl groups is 1. The molecule has 11 nitrogen and oxygen atoms in total. The van der Waals surface area contributed by atoms with Crippen LogP contribution in [-0.4, -0.2) is 73.0 Å². The highest BCUT2D eigenvalue weighted by Gasteiger charge is 2.53. The number of nitrogens with one attached hydrogen (secondary N) is 1. The Kier molecular flexibility index (Phi) is 5.40. The van der Waals surface area contributed by atoms with E-state index in [0.29, 0.717) is 22.0 Å². The van der Waals surface area contributed by atoms with Crippen LogP contribution in [0.25, 0.3) is 10.9 Å². The van der Waals surface area contributed by atoms with E-state index in [-0.39, 0.29) is 29.5 Å². The van der Waals surface area contributed by atoms with Gasteiger partial charge >= 0.3 is 0 Å². The van der Waals surface area contributed by atoms with Gasteiger partial charge in [-0.25, -0.2) is 0 Å². The molecule has 3 aromatic rings. The number of H-pyrrole nitrogens is 1. The Balaban J connectivity index is 1.65. The Morgan fingerprint density at radius 3 is 2.55 bits per heavy atom. The molecule has 1 saturated heterocycles. The predicted molar refractivity (Wildman–Crippen MR) is 117 cm³/mol. The van der Waals surface area contributed by atoms with Crippen molar-refractivity contribution in [2.45, 2.75) is 24.6 Å². The SMILES string of the molecule is CN1C(=O)C(O)(Cc2ccc(O)c(O)c2)N(C)C(=O)C1Cc1c[nH]c2cccc(N([O-])O)c12. The van der Waals surface area contributed by atoms with Gasteiger partial charge in [-0.3, -0.25) is 14.8 Å². The van der Waals surface area contributed by atoms with Crippen LogP contribution in [-0.2, 0) is 22.4 Å². The molecular weight excluding hydrogens is 432 g/mol. The van der Waals surface area contributed by atoms with E-state index in [0.717, 1.165) is 9.80 Å². The van der Waals surface area contributed by atoms with Gasteiger partial charge in [-0.05, 0) is 35.4 Å². The number of hydrogen-bond donors (Lipinski definition) is 5. The zero-order valence-electron chi connectivity index (χ0n) is 17.9. The third kappa shape index (κ3) is 3.61. The molecule has 0 aliphatic carbocycles. The number of anilines is 1. The number of aromatic amines is 1. The number of hydrogen-bond acceptors (Lipinski definition) is 8. The second kappa shape index (κ2) is 7.96. The number of aromatic hydroxyl groups is 2. The molecule has 0 radical (unpaired) electrons. The summed E-state index contributed by atoms with van der Waals surface area (Å²) in [5, 5.41) is 51.6. The van der Waals surface area contributed by atoms with Crippen LogP contribution in [0.3, 0.4) is 0 Å². The summed E-state index contributed by atoms with van der Waals surface area (Å²) in [7, 11) is 2.72. The number of likely N-dealkylation sites (N-methyl/N-ethyl adjacent to an activating group) is 2. The Hall–Kier alpha value is -3.80. The topological polar surface area (TPSA) is 164 Å². The van der Waals surface area contributed by atoms with Crippen LogP contribution in [0.15, 0.2) is 42.6 Å². The minimum atomic E-state index is -2.20. The first kappa shape index (κ1) is 22.4. The van der Waals surface area contributed by atoms with Crippen LogP contribution < -0.4 is 5.23 Å². The van der Waals surface area contributed by atoms with Gasteiger partial charge in [0.05, 0.1) is 5.69 Å². The molecule has 2 unspecified atom stereocenters. The Morgan fingerprint density at radius 1 is 1.15 bits per heavy atom. The smallest absolute Gasteiger partial charge is 0.276 e. The minimum Gasteiger partial charge on any atom is -0.733 e. The summed E-state index contributed by atoms with van der Waals surface area (Å²) in [5.74, 6) is -2.02. The number of benzene rings is 2. The molecule has 33 heavy (non-hydrogen) atoms. The fourth-order valence-electron chi connectivity index (χ4n) is 4.28. The number of amides is 2. The van der Waals surface area contributed by atoms with Crippen molar-refractivity contribution in [1.82, 2.24) is 14.8 Å². The first-order chi connectivity index (χ1) is 15.5. The third-order valence-electron chi connectivity index (χ3n) is 6.18. The molecule has 11 heteroatoms. The normalized spacial score (nSPS) is 21.2. The molecule has 5 N–H and O–H groups in total. The average Bonchev–Trinajstić information content (AvgIpc) is 3.20. The van der Waals surface area contributed by atoms with Gasteiger partial charge in [-0.2, -0.15) is 0 Å². The Bertz CT molecular complexity index is 1240. The summed E-state index contributed by atoms with van der Waals surface area (Å²) >= 11 is 0. The zero-order valence-corrected chi connectivity index (χ0v) is 17.9. The molecule has 1 aliphatic heterocycles. The van der Waals surface area contributed by atoms with Crippen LogP contribution in [0.4, 0.5) is 5.69 Å². The summed E-state index contributed by atoms with van der Waals surface area (Å²) < 4.78 is 0. The molecule has 2 amide bonds. The largest absolute Gasteiger partial charge is 0.733 e. The molecule has 1 aliphatic rings. The van der Waals surface area contributed by atoms with Crippen molar-refractivity contribution in [1.29, 1.82) is 0 Å². The van der Waals surface area contributed by atoms with E-state index in [1.807, 2.05) is 0 Å². The second-order valence-electron chi connectivity index (χ2n) is 8.14. The molecule has 1 fully saturated rings. The van der Waals surface area contributed by atoms with Crippen molar-refractivity contribution >= 4 is 28.4 Å². The molecule has 174 valence electrons. The van der Waals surface area contributed by atoms with Crippen LogP contribution in [0.2, 0.25) is 0 Å². The lowest BCUT2D eigenvalue weighted by atomic mass is 9.92. The number of rotatable bonds is 5. The number of carbonyl (C=O) groups excluding carboxylic acids is 2. The Morgan fingerprint density at radius 2 is 1.88 bits per heavy atom. The van der Waals surface area contributed by atoms with E-state index in [2.05, 4.69) is 4.98 Å². The molecule has 2 aromatic carbocycles. The highest BCUT2D eigenvalue weighted by atomic mass is 16.8. The van der Waals surface area contributed by atoms with Crippen molar-refractivity contribution < 1.29 is 30.1 Å². The maximum Gasteiger partial charge on any atom is 0.276 e. The lowest BCUT2D eigenvalue weighted by Gasteiger charge is -2.47. The Labute approximate surface area is 188 Å². The number of aromatic nitrogens is 1. The maximum absolute atomic E-state index is 13.2. The van der Waals surface area contributed by atoms with Gasteiger partial charge in [-0.1, -0.05) is 12.1 Å². The van der Waals surface area contributed by atoms with Gasteiger partial charge in [-0.15, -0.1) is 0 Å². The fraction of sp³-hybridized carbons (Fsp3) is 0.273. The van der Waals surface area contributed by atoms with Crippen LogP contribution in [0.1, 0.15) is 11.1 Å². The molecule has 2 atom stereocenters. The average molecular weight is 455 g/mol. The molecule has 0 spiro atoms. The van der Waals surface area contributed by atoms with Gasteiger partial charge < -0.3 is 40.5 Å². The van der Waals surface area contributed by atoms with Crippen LogP contribution >= 0.6 is 0 Å². The first-order valence-corrected chi connectivity index (χ1v) is 10.1. The number of fused-ring (bicyclic) bond motifs is 1. The monoisotopic (exact) mass is 455 g/mol. The van der Waals surface area contributed by atoms with Gasteiger partial charge in [0.25, 0.3) is 5.91 Å². The number of carbonyl (C=O) groups is 2. The van der Waals surface area contributed by atoms with Gasteiger partial charge in [0, 0.05) is 44.0 Å². The standard InChI is InChI=1S/C22H23N4O7/c1-24-16(9-13-11-23-14-4-3-5-15(19(13)14)26(32)33)20(29)25(2)22(31,21(24)30)10-12-6-7-17(27)18(28)8-12/h3-8,11,16,23,27-28,31-32H,9-10H2,1-2H3/q-1. The van der Waals surface area contributed by atoms with E-state index >= 15 is 0 Å². The number of phenols is 2. The van der Waals surface area contributed by atoms with Crippen molar-refractivity contribution in [3.63, 3.8) is 0 Å². The molecule has 1 aromatic heterocycles. The lowest BCUT2D eigenvalue weighted by molar-refractivity contribution is -0.194. The summed E-state index contributed by atoms with van der Waals surface area (Å²) in [6.45, 7) is 0. The molecule has 0 saturated carbocycles. The highest BCUT2D eigenvalue weighted by molar-refractivity contribution is 6.00. The fourth-order valence-corrected chi connectivity index (χ4v) is 4.28. The van der Waals surface area contributed by atoms with Crippen molar-refractivity contribution in [3.8, 4) is 11.5 Å². The molecule has 0 bridgehead atoms. The van der Waals surface area contributed by atoms with Crippen molar-refractivity contribution in [2.75, 3.05) is 19.3 Å². The van der Waals surface area contributed by atoms with E-state index < -0.39 is 29.3 Å². The first-order valence-electron chi connectivity index (χ1n) is 10.1. The zero-order chi connectivity index (χ0) is 24.1. The van der Waals surface area contributed by atoms with E-state index in [1.165, 1.54) is 38.4 Å². The predicted octanol–water partition coefficient (Wildman–Crippen LogP) is 1.05. The summed E-state index contributed by atoms with van der Waals surface area (Å²) in [6.07, 6.45) is 1.33. The summed E-state index contributed by atoms with van der Waals surface area (Å²) in [5.41, 5.74) is -0.749. The number of piperazine rings is 1. The second-order valence-corrected chi connectivity index (χ2v) is 8.14. The third-order valence-corrected chi connectivity index (χ3v) is 6.18. The molecule has 4 rings (SSSR count). The van der Waals surface area contributed by atoms with Crippen molar-refractivity contribution in [3.05, 3.63) is 58.9 Å². The van der Waals surface area contributed by atoms with Gasteiger partial charge in [0.1, 0.15) is 6.04 Å². The lowest BCUT2D eigenvalue weighted by Crippen LogP contribution is -2.70. The van der Waals surface area contributed by atoms with Crippen molar-refractivity contribution in [2.24, 2.45) is 0 Å². The maximum atomic E-state index is 13.2. The minimum absolute atomic E-state index is 0.00187. The molecule has 2 heterocycles. The van der Waals surface area contributed by atoms with Gasteiger partial charge in [0.15, 0.2) is 11.5 Å². The summed E-state index contributed by atoms with van der Waals surface area (Å²) in [4.78, 5) is 31.5. The van der Waals surface area contributed by atoms with E-state index in [1.54, 1.807) is 18.3 Å². The summed E-state index contributed by atoms with van der Waals surface area (Å²) in [6, 6.07) is 7.63. The quantitative estimate of drug-likeness (QED) is 0.281.